The Labute approximate surface area is 136 Å². The third-order valence-corrected chi connectivity index (χ3v) is 4.44. The zero-order valence-electron chi connectivity index (χ0n) is 11.5. The summed E-state index contributed by atoms with van der Waals surface area (Å²) in [6.07, 6.45) is 6.62. The molecule has 0 atom stereocenters. The minimum absolute atomic E-state index is 0.154. The molecule has 21 heavy (non-hydrogen) atoms. The minimum Gasteiger partial charge on any atom is -0.294 e. The summed E-state index contributed by atoms with van der Waals surface area (Å²) in [5.41, 5.74) is 2.10. The molecule has 1 heterocycles. The fourth-order valence-corrected chi connectivity index (χ4v) is 2.86. The number of rotatable bonds is 5. The molecular formula is C17H15FINO. The van der Waals surface area contributed by atoms with E-state index in [0.29, 0.717) is 29.9 Å². The van der Waals surface area contributed by atoms with E-state index < -0.39 is 0 Å². The molecule has 3 rings (SSSR count). The topological polar surface area (TPSA) is 30.0 Å². The van der Waals surface area contributed by atoms with Gasteiger partial charge in [0.1, 0.15) is 5.82 Å². The molecule has 1 aliphatic carbocycles. The molecule has 0 amide bonds. The molecule has 0 bridgehead atoms. The highest BCUT2D eigenvalue weighted by Crippen LogP contribution is 2.34. The van der Waals surface area contributed by atoms with Gasteiger partial charge >= 0.3 is 0 Å². The minimum atomic E-state index is -0.230. The van der Waals surface area contributed by atoms with Crippen molar-refractivity contribution in [1.29, 1.82) is 0 Å². The molecule has 0 N–H and O–H groups in total. The summed E-state index contributed by atoms with van der Waals surface area (Å²) in [5.74, 6) is 0.473. The van der Waals surface area contributed by atoms with Crippen LogP contribution in [0, 0.1) is 15.3 Å². The molecule has 2 nitrogen and oxygen atoms in total. The fourth-order valence-electron chi connectivity index (χ4n) is 2.40. The quantitative estimate of drug-likeness (QED) is 0.555. The first kappa shape index (κ1) is 14.6. The van der Waals surface area contributed by atoms with Crippen LogP contribution in [0.2, 0.25) is 0 Å². The summed E-state index contributed by atoms with van der Waals surface area (Å²) < 4.78 is 14.8. The van der Waals surface area contributed by atoms with E-state index >= 15 is 0 Å². The smallest absolute Gasteiger partial charge is 0.163 e. The number of aromatic nitrogens is 1. The van der Waals surface area contributed by atoms with Gasteiger partial charge in [0.05, 0.1) is 0 Å². The van der Waals surface area contributed by atoms with Gasteiger partial charge in [-0.2, -0.15) is 0 Å². The number of carbonyl (C=O) groups excluding carboxylic acids is 1. The van der Waals surface area contributed by atoms with E-state index in [0.717, 1.165) is 22.0 Å². The monoisotopic (exact) mass is 395 g/mol. The van der Waals surface area contributed by atoms with E-state index in [1.54, 1.807) is 24.5 Å². The maximum atomic E-state index is 14.0. The van der Waals surface area contributed by atoms with Crippen LogP contribution in [0.4, 0.5) is 4.39 Å². The number of nitrogens with zero attached hydrogens (tertiary/aromatic N) is 1. The van der Waals surface area contributed by atoms with Gasteiger partial charge < -0.3 is 0 Å². The molecule has 1 saturated carbocycles. The van der Waals surface area contributed by atoms with Crippen LogP contribution in [0.25, 0.3) is 0 Å². The van der Waals surface area contributed by atoms with Crippen LogP contribution in [0.1, 0.15) is 40.7 Å². The van der Waals surface area contributed by atoms with Gasteiger partial charge in [0.25, 0.3) is 0 Å². The van der Waals surface area contributed by atoms with Crippen LogP contribution < -0.4 is 0 Å². The Morgan fingerprint density at radius 1 is 1.29 bits per heavy atom. The van der Waals surface area contributed by atoms with Gasteiger partial charge in [-0.25, -0.2) is 4.39 Å². The maximum absolute atomic E-state index is 14.0. The van der Waals surface area contributed by atoms with Crippen LogP contribution in [0.15, 0.2) is 36.7 Å². The Bertz CT molecular complexity index is 682. The van der Waals surface area contributed by atoms with E-state index in [1.165, 1.54) is 6.07 Å². The van der Waals surface area contributed by atoms with Crippen molar-refractivity contribution >= 4 is 28.4 Å². The second-order valence-corrected chi connectivity index (χ2v) is 6.76. The molecule has 0 spiro atoms. The standard InChI is InChI=1S/C17H15FINO/c18-16-9-14(19)4-3-12(16)8-13-10-20-6-5-15(13)17(21)7-11-1-2-11/h3-6,9-11H,1-2,7-8H2. The van der Waals surface area contributed by atoms with Crippen LogP contribution in [0.5, 0.6) is 0 Å². The van der Waals surface area contributed by atoms with Crippen molar-refractivity contribution < 1.29 is 9.18 Å². The van der Waals surface area contributed by atoms with E-state index in [9.17, 15) is 9.18 Å². The van der Waals surface area contributed by atoms with E-state index in [-0.39, 0.29) is 11.6 Å². The lowest BCUT2D eigenvalue weighted by molar-refractivity contribution is 0.0975. The molecule has 2 aromatic rings. The summed E-state index contributed by atoms with van der Waals surface area (Å²) in [7, 11) is 0. The van der Waals surface area contributed by atoms with Crippen molar-refractivity contribution in [2.24, 2.45) is 5.92 Å². The second kappa shape index (κ2) is 6.22. The Morgan fingerprint density at radius 2 is 2.10 bits per heavy atom. The van der Waals surface area contributed by atoms with Crippen molar-refractivity contribution in [1.82, 2.24) is 4.98 Å². The van der Waals surface area contributed by atoms with Gasteiger partial charge in [0, 0.05) is 34.4 Å². The number of hydrogen-bond acceptors (Lipinski definition) is 2. The molecule has 108 valence electrons. The summed E-state index contributed by atoms with van der Waals surface area (Å²) in [5, 5.41) is 0. The normalized spacial score (nSPS) is 14.2. The largest absolute Gasteiger partial charge is 0.294 e. The predicted octanol–water partition coefficient (Wildman–Crippen LogP) is 4.40. The van der Waals surface area contributed by atoms with Crippen molar-refractivity contribution in [3.63, 3.8) is 0 Å². The summed E-state index contributed by atoms with van der Waals surface area (Å²) in [6.45, 7) is 0. The Hall–Kier alpha value is -1.30. The molecule has 1 aromatic carbocycles. The first-order chi connectivity index (χ1) is 10.1. The number of Topliss-reactive ketones (excluding diaryl/α,β-unsaturated/α-hetero) is 1. The van der Waals surface area contributed by atoms with E-state index in [4.69, 9.17) is 0 Å². The molecule has 0 radical (unpaired) electrons. The molecular weight excluding hydrogens is 380 g/mol. The number of hydrogen-bond donors (Lipinski definition) is 0. The van der Waals surface area contributed by atoms with Crippen molar-refractivity contribution in [3.8, 4) is 0 Å². The lowest BCUT2D eigenvalue weighted by atomic mass is 9.97. The molecule has 1 fully saturated rings. The number of pyridine rings is 1. The zero-order valence-corrected chi connectivity index (χ0v) is 13.6. The van der Waals surface area contributed by atoms with Crippen LogP contribution in [0.3, 0.4) is 0 Å². The average molecular weight is 395 g/mol. The third kappa shape index (κ3) is 3.67. The second-order valence-electron chi connectivity index (χ2n) is 5.52. The number of carbonyl (C=O) groups is 1. The average Bonchev–Trinajstić information content (AvgIpc) is 3.26. The van der Waals surface area contributed by atoms with E-state index in [2.05, 4.69) is 27.6 Å². The van der Waals surface area contributed by atoms with Crippen molar-refractivity contribution in [3.05, 3.63) is 62.7 Å². The molecule has 0 unspecified atom stereocenters. The number of halogens is 2. The Balaban J connectivity index is 1.85. The Kier molecular flexibility index (Phi) is 4.33. The molecule has 4 heteroatoms. The molecule has 0 aliphatic heterocycles. The fraction of sp³-hybridized carbons (Fsp3) is 0.294. The lowest BCUT2D eigenvalue weighted by Gasteiger charge is -2.09. The molecule has 1 aromatic heterocycles. The first-order valence-electron chi connectivity index (χ1n) is 7.03. The van der Waals surface area contributed by atoms with Gasteiger partial charge in [-0.05, 0) is 70.7 Å². The van der Waals surface area contributed by atoms with E-state index in [1.807, 2.05) is 6.07 Å². The van der Waals surface area contributed by atoms with Gasteiger partial charge in [0.2, 0.25) is 0 Å². The predicted molar refractivity (Wildman–Crippen MR) is 87.8 cm³/mol. The SMILES string of the molecule is O=C(CC1CC1)c1ccncc1Cc1ccc(I)cc1F. The first-order valence-corrected chi connectivity index (χ1v) is 8.11. The summed E-state index contributed by atoms with van der Waals surface area (Å²) in [6, 6.07) is 6.92. The molecule has 0 saturated heterocycles. The maximum Gasteiger partial charge on any atom is 0.163 e. The van der Waals surface area contributed by atoms with Gasteiger partial charge in [0.15, 0.2) is 5.78 Å². The number of ketones is 1. The number of benzene rings is 1. The van der Waals surface area contributed by atoms with Crippen LogP contribution >= 0.6 is 22.6 Å². The zero-order chi connectivity index (χ0) is 14.8. The van der Waals surface area contributed by atoms with Gasteiger partial charge in [-0.3, -0.25) is 9.78 Å². The highest BCUT2D eigenvalue weighted by molar-refractivity contribution is 14.1. The highest BCUT2D eigenvalue weighted by Gasteiger charge is 2.26. The van der Waals surface area contributed by atoms with Crippen molar-refractivity contribution in [2.75, 3.05) is 0 Å². The third-order valence-electron chi connectivity index (χ3n) is 3.77. The van der Waals surface area contributed by atoms with Crippen molar-refractivity contribution in [2.45, 2.75) is 25.7 Å². The highest BCUT2D eigenvalue weighted by atomic mass is 127. The van der Waals surface area contributed by atoms with Crippen LogP contribution in [-0.2, 0) is 6.42 Å². The summed E-state index contributed by atoms with van der Waals surface area (Å²) >= 11 is 2.08. The lowest BCUT2D eigenvalue weighted by Crippen LogP contribution is -2.06. The van der Waals surface area contributed by atoms with Crippen LogP contribution in [-0.4, -0.2) is 10.8 Å². The summed E-state index contributed by atoms with van der Waals surface area (Å²) in [4.78, 5) is 16.4. The molecule has 1 aliphatic rings. The van der Waals surface area contributed by atoms with Gasteiger partial charge in [-0.15, -0.1) is 0 Å². The Morgan fingerprint density at radius 3 is 2.81 bits per heavy atom. The van der Waals surface area contributed by atoms with Gasteiger partial charge in [-0.1, -0.05) is 6.07 Å².